The highest BCUT2D eigenvalue weighted by molar-refractivity contribution is 7.92. The van der Waals surface area contributed by atoms with Gasteiger partial charge >= 0.3 is 6.18 Å². The molecule has 0 atom stereocenters. The molecule has 2 aromatic carbocycles. The van der Waals surface area contributed by atoms with Gasteiger partial charge in [0.1, 0.15) is 5.82 Å². The van der Waals surface area contributed by atoms with Crippen LogP contribution in [0.1, 0.15) is 48.5 Å². The summed E-state index contributed by atoms with van der Waals surface area (Å²) in [6.07, 6.45) is -3.71. The van der Waals surface area contributed by atoms with Gasteiger partial charge in [0, 0.05) is 16.1 Å². The van der Waals surface area contributed by atoms with Crippen molar-refractivity contribution in [2.75, 3.05) is 0 Å². The van der Waals surface area contributed by atoms with E-state index in [9.17, 15) is 30.8 Å². The van der Waals surface area contributed by atoms with E-state index in [1.165, 1.54) is 6.07 Å². The molecule has 0 aliphatic heterocycles. The maximum absolute atomic E-state index is 13.5. The third-order valence-electron chi connectivity index (χ3n) is 5.50. The van der Waals surface area contributed by atoms with Crippen molar-refractivity contribution in [1.82, 2.24) is 5.32 Å². The monoisotopic (exact) mass is 477 g/mol. The van der Waals surface area contributed by atoms with Gasteiger partial charge in [-0.3, -0.25) is 4.79 Å². The number of hydrogen-bond donors (Lipinski definition) is 1. The number of rotatable bonds is 4. The minimum absolute atomic E-state index is 0.0462. The molecule has 2 aromatic rings. The van der Waals surface area contributed by atoms with Crippen LogP contribution in [0.4, 0.5) is 17.6 Å². The van der Waals surface area contributed by atoms with Gasteiger partial charge in [0.25, 0.3) is 5.91 Å². The average molecular weight is 478 g/mol. The Bertz CT molecular complexity index is 1070. The largest absolute Gasteiger partial charge is 0.416 e. The summed E-state index contributed by atoms with van der Waals surface area (Å²) < 4.78 is 78.1. The second kappa shape index (κ2) is 8.43. The summed E-state index contributed by atoms with van der Waals surface area (Å²) in [5.41, 5.74) is -1.71. The summed E-state index contributed by atoms with van der Waals surface area (Å²) in [4.78, 5) is 12.1. The van der Waals surface area contributed by atoms with Crippen LogP contribution in [0.15, 0.2) is 47.4 Å². The molecule has 0 heterocycles. The maximum Gasteiger partial charge on any atom is 0.416 e. The summed E-state index contributed by atoms with van der Waals surface area (Å²) in [6, 6.07) is 7.16. The molecule has 3 rings (SSSR count). The van der Waals surface area contributed by atoms with Crippen molar-refractivity contribution in [3.8, 4) is 0 Å². The Morgan fingerprint density at radius 3 is 2.35 bits per heavy atom. The lowest BCUT2D eigenvalue weighted by Crippen LogP contribution is -2.49. The van der Waals surface area contributed by atoms with Crippen LogP contribution < -0.4 is 5.32 Å². The molecular weight excluding hydrogens is 458 g/mol. The smallest absolute Gasteiger partial charge is 0.347 e. The quantitative estimate of drug-likeness (QED) is 0.599. The molecule has 1 aliphatic rings. The predicted molar refractivity (Wildman–Crippen MR) is 108 cm³/mol. The van der Waals surface area contributed by atoms with E-state index in [1.54, 1.807) is 6.92 Å². The molecule has 0 saturated heterocycles. The Hall–Kier alpha value is -2.13. The molecule has 4 nitrogen and oxygen atoms in total. The van der Waals surface area contributed by atoms with Gasteiger partial charge in [-0.1, -0.05) is 17.7 Å². The van der Waals surface area contributed by atoms with Crippen LogP contribution in [-0.4, -0.2) is 25.1 Å². The molecule has 1 N–H and O–H groups in total. The zero-order valence-electron chi connectivity index (χ0n) is 16.5. The van der Waals surface area contributed by atoms with Gasteiger partial charge in [0.2, 0.25) is 0 Å². The number of benzene rings is 2. The Balaban J connectivity index is 1.71. The summed E-state index contributed by atoms with van der Waals surface area (Å²) >= 11 is 5.78. The second-order valence-corrected chi connectivity index (χ2v) is 10.6. The van der Waals surface area contributed by atoms with Crippen LogP contribution in [-0.2, 0) is 16.0 Å². The topological polar surface area (TPSA) is 63.2 Å². The lowest BCUT2D eigenvalue weighted by molar-refractivity contribution is -0.137. The minimum atomic E-state index is -4.64. The van der Waals surface area contributed by atoms with Gasteiger partial charge < -0.3 is 5.32 Å². The zero-order valence-corrected chi connectivity index (χ0v) is 18.0. The first kappa shape index (κ1) is 23.5. The molecule has 0 spiro atoms. The molecular formula is C21H20ClF4NO3S. The lowest BCUT2D eigenvalue weighted by atomic mass is 9.83. The number of halogens is 5. The number of amides is 1. The van der Waals surface area contributed by atoms with Crippen LogP contribution in [0.3, 0.4) is 0 Å². The van der Waals surface area contributed by atoms with E-state index in [1.807, 2.05) is 0 Å². The standard InChI is InChI=1S/C21H20ClF4NO3S/c1-20(27-19(28)13-9-15(22)12-16(23)10-13)7-5-17(6-8-20)31(29,30)18-4-2-3-14(11-18)21(24,25)26/h2-4,9-12,17H,5-8H2,1H3,(H,27,28). The highest BCUT2D eigenvalue weighted by Crippen LogP contribution is 2.36. The first-order valence-electron chi connectivity index (χ1n) is 9.50. The molecule has 168 valence electrons. The number of carbonyl (C=O) groups is 1. The van der Waals surface area contributed by atoms with Crippen molar-refractivity contribution in [1.29, 1.82) is 0 Å². The van der Waals surface area contributed by atoms with Crippen molar-refractivity contribution in [2.24, 2.45) is 0 Å². The molecule has 31 heavy (non-hydrogen) atoms. The Labute approximate surface area is 182 Å². The fraction of sp³-hybridized carbons (Fsp3) is 0.381. The van der Waals surface area contributed by atoms with Crippen molar-refractivity contribution >= 4 is 27.3 Å². The number of alkyl halides is 3. The summed E-state index contributed by atoms with van der Waals surface area (Å²) in [6.45, 7) is 1.75. The number of hydrogen-bond acceptors (Lipinski definition) is 3. The normalized spacial score (nSPS) is 22.2. The van der Waals surface area contributed by atoms with Gasteiger partial charge in [0.05, 0.1) is 15.7 Å². The van der Waals surface area contributed by atoms with E-state index in [4.69, 9.17) is 11.6 Å². The lowest BCUT2D eigenvalue weighted by Gasteiger charge is -2.37. The molecule has 0 bridgehead atoms. The Morgan fingerprint density at radius 1 is 1.13 bits per heavy atom. The predicted octanol–water partition coefficient (Wildman–Crippen LogP) is 5.40. The second-order valence-electron chi connectivity index (χ2n) is 7.94. The number of sulfone groups is 1. The van der Waals surface area contributed by atoms with Gasteiger partial charge in [-0.15, -0.1) is 0 Å². The fourth-order valence-electron chi connectivity index (χ4n) is 3.74. The molecule has 0 radical (unpaired) electrons. The van der Waals surface area contributed by atoms with E-state index in [0.717, 1.165) is 30.3 Å². The van der Waals surface area contributed by atoms with Crippen LogP contribution in [0, 0.1) is 5.82 Å². The third-order valence-corrected chi connectivity index (χ3v) is 7.98. The summed E-state index contributed by atoms with van der Waals surface area (Å²) in [5, 5.41) is 2.02. The fourth-order valence-corrected chi connectivity index (χ4v) is 5.76. The highest BCUT2D eigenvalue weighted by Gasteiger charge is 2.39. The third kappa shape index (κ3) is 5.38. The number of nitrogens with one attached hydrogen (secondary N) is 1. The molecule has 0 unspecified atom stereocenters. The average Bonchev–Trinajstić information content (AvgIpc) is 2.67. The SMILES string of the molecule is CC1(NC(=O)c2cc(F)cc(Cl)c2)CCC(S(=O)(=O)c2cccc(C(F)(F)F)c2)CC1. The Kier molecular flexibility index (Phi) is 6.40. The van der Waals surface area contributed by atoms with Crippen LogP contribution in [0.5, 0.6) is 0 Å². The highest BCUT2D eigenvalue weighted by atomic mass is 35.5. The van der Waals surface area contributed by atoms with Crippen LogP contribution >= 0.6 is 11.6 Å². The van der Waals surface area contributed by atoms with E-state index in [2.05, 4.69) is 5.32 Å². The molecule has 1 aliphatic carbocycles. The molecule has 0 aromatic heterocycles. The van der Waals surface area contributed by atoms with E-state index in [-0.39, 0.29) is 28.3 Å². The number of carbonyl (C=O) groups excluding carboxylic acids is 1. The molecule has 10 heteroatoms. The van der Waals surface area contributed by atoms with Gasteiger partial charge in [-0.05, 0) is 69.0 Å². The van der Waals surface area contributed by atoms with E-state index in [0.29, 0.717) is 18.9 Å². The zero-order chi connectivity index (χ0) is 23.0. The summed E-state index contributed by atoms with van der Waals surface area (Å²) in [5.74, 6) is -1.19. The van der Waals surface area contributed by atoms with Crippen LogP contribution in [0.2, 0.25) is 5.02 Å². The van der Waals surface area contributed by atoms with Crippen molar-refractivity contribution in [3.05, 3.63) is 64.4 Å². The van der Waals surface area contributed by atoms with Gasteiger partial charge in [-0.2, -0.15) is 13.2 Å². The van der Waals surface area contributed by atoms with E-state index >= 15 is 0 Å². The molecule has 1 amide bonds. The van der Waals surface area contributed by atoms with Gasteiger partial charge in [0.15, 0.2) is 9.84 Å². The summed E-state index contributed by atoms with van der Waals surface area (Å²) in [7, 11) is -3.97. The minimum Gasteiger partial charge on any atom is -0.347 e. The van der Waals surface area contributed by atoms with Crippen molar-refractivity contribution in [2.45, 2.75) is 54.5 Å². The maximum atomic E-state index is 13.5. The van der Waals surface area contributed by atoms with Crippen LogP contribution in [0.25, 0.3) is 0 Å². The van der Waals surface area contributed by atoms with Crippen molar-refractivity contribution < 1.29 is 30.8 Å². The first-order valence-corrected chi connectivity index (χ1v) is 11.4. The first-order chi connectivity index (χ1) is 14.3. The van der Waals surface area contributed by atoms with E-state index < -0.39 is 44.1 Å². The molecule has 1 saturated carbocycles. The van der Waals surface area contributed by atoms with Crippen molar-refractivity contribution in [3.63, 3.8) is 0 Å². The van der Waals surface area contributed by atoms with Gasteiger partial charge in [-0.25, -0.2) is 12.8 Å². The molecule has 1 fully saturated rings. The Morgan fingerprint density at radius 2 is 1.77 bits per heavy atom.